The molecule has 0 heterocycles. The molecule has 3 N–H and O–H groups in total. The highest BCUT2D eigenvalue weighted by atomic mass is 32.2. The Morgan fingerprint density at radius 1 is 1.20 bits per heavy atom. The van der Waals surface area contributed by atoms with Gasteiger partial charge in [-0.3, -0.25) is 4.72 Å². The molecule has 0 aliphatic heterocycles. The fourth-order valence-electron chi connectivity index (χ4n) is 1.39. The summed E-state index contributed by atoms with van der Waals surface area (Å²) in [5.74, 6) is -0.262. The molecule has 20 heavy (non-hydrogen) atoms. The third kappa shape index (κ3) is 4.63. The molecule has 8 nitrogen and oxygen atoms in total. The van der Waals surface area contributed by atoms with Crippen molar-refractivity contribution in [1.29, 1.82) is 0 Å². The number of rotatable bonds is 7. The lowest BCUT2D eigenvalue weighted by atomic mass is 10.3. The maximum Gasteiger partial charge on any atom is 0.241 e. The first-order chi connectivity index (χ1) is 9.19. The highest BCUT2D eigenvalue weighted by molar-refractivity contribution is 7.92. The molecular weight excluding hydrogens is 308 g/mol. The minimum absolute atomic E-state index is 0.0422. The summed E-state index contributed by atoms with van der Waals surface area (Å²) in [4.78, 5) is -0.222. The zero-order valence-corrected chi connectivity index (χ0v) is 12.6. The van der Waals surface area contributed by atoms with E-state index in [0.29, 0.717) is 0 Å². The Labute approximate surface area is 118 Å². The van der Waals surface area contributed by atoms with Crippen LogP contribution in [0.2, 0.25) is 0 Å². The summed E-state index contributed by atoms with van der Waals surface area (Å²) in [6.45, 7) is 0.0434. The van der Waals surface area contributed by atoms with E-state index in [9.17, 15) is 16.8 Å². The third-order valence-electron chi connectivity index (χ3n) is 2.30. The molecule has 0 spiro atoms. The Morgan fingerprint density at radius 2 is 1.85 bits per heavy atom. The molecular formula is C10H16N2O6S2. The van der Waals surface area contributed by atoms with E-state index in [0.717, 1.165) is 0 Å². The van der Waals surface area contributed by atoms with Crippen LogP contribution in [0, 0.1) is 0 Å². The summed E-state index contributed by atoms with van der Waals surface area (Å²) in [5, 5.41) is 5.01. The van der Waals surface area contributed by atoms with Gasteiger partial charge in [-0.25, -0.2) is 22.0 Å². The molecule has 0 bridgehead atoms. The Kier molecular flexibility index (Phi) is 5.34. The molecule has 0 aromatic heterocycles. The van der Waals surface area contributed by atoms with Gasteiger partial charge in [0, 0.05) is 13.2 Å². The second kappa shape index (κ2) is 6.39. The molecule has 0 radical (unpaired) electrons. The second-order valence-corrected chi connectivity index (χ2v) is 7.20. The van der Waals surface area contributed by atoms with Gasteiger partial charge in [0.25, 0.3) is 0 Å². The molecule has 0 saturated heterocycles. The predicted octanol–water partition coefficient (Wildman–Crippen LogP) is -0.269. The lowest BCUT2D eigenvalue weighted by molar-refractivity contribution is 0.217. The van der Waals surface area contributed by atoms with Crippen molar-refractivity contribution in [3.05, 3.63) is 18.2 Å². The fraction of sp³-hybridized carbons (Fsp3) is 0.400. The Bertz CT molecular complexity index is 669. The van der Waals surface area contributed by atoms with E-state index >= 15 is 0 Å². The summed E-state index contributed by atoms with van der Waals surface area (Å²) in [6.07, 6.45) is 0. The number of benzene rings is 1. The van der Waals surface area contributed by atoms with Gasteiger partial charge in [-0.2, -0.15) is 0 Å². The normalized spacial score (nSPS) is 12.2. The summed E-state index contributed by atoms with van der Waals surface area (Å²) >= 11 is 0. The van der Waals surface area contributed by atoms with Crippen LogP contribution in [-0.2, 0) is 24.8 Å². The summed E-state index contributed by atoms with van der Waals surface area (Å²) in [5.41, 5.74) is 0.172. The Balaban J connectivity index is 3.06. The highest BCUT2D eigenvalue weighted by Gasteiger charge is 2.17. The van der Waals surface area contributed by atoms with Crippen molar-refractivity contribution in [3.8, 4) is 5.75 Å². The second-order valence-electron chi connectivity index (χ2n) is 3.82. The van der Waals surface area contributed by atoms with Crippen molar-refractivity contribution in [2.45, 2.75) is 4.90 Å². The van der Waals surface area contributed by atoms with Crippen molar-refractivity contribution in [2.24, 2.45) is 5.14 Å². The maximum absolute atomic E-state index is 11.7. The zero-order valence-electron chi connectivity index (χ0n) is 11.0. The number of hydrogen-bond donors (Lipinski definition) is 2. The molecule has 0 fully saturated rings. The van der Waals surface area contributed by atoms with Crippen LogP contribution in [0.5, 0.6) is 5.75 Å². The summed E-state index contributed by atoms with van der Waals surface area (Å²) in [6, 6.07) is 3.69. The molecule has 0 amide bonds. The van der Waals surface area contributed by atoms with Crippen molar-refractivity contribution < 1.29 is 26.3 Å². The predicted molar refractivity (Wildman–Crippen MR) is 73.7 cm³/mol. The molecule has 0 aliphatic carbocycles. The van der Waals surface area contributed by atoms with Crippen molar-refractivity contribution in [3.63, 3.8) is 0 Å². The molecule has 1 aromatic carbocycles. The Morgan fingerprint density at radius 3 is 2.35 bits per heavy atom. The number of sulfonamides is 2. The zero-order chi connectivity index (χ0) is 15.4. The van der Waals surface area contributed by atoms with E-state index in [2.05, 4.69) is 9.46 Å². The number of primary sulfonamides is 1. The first-order valence-corrected chi connectivity index (χ1v) is 8.60. The number of methoxy groups -OCH3 is 2. The maximum atomic E-state index is 11.7. The molecule has 0 atom stereocenters. The first-order valence-electron chi connectivity index (χ1n) is 5.40. The fourth-order valence-corrected chi connectivity index (χ4v) is 3.04. The van der Waals surface area contributed by atoms with Gasteiger partial charge < -0.3 is 9.47 Å². The summed E-state index contributed by atoms with van der Waals surface area (Å²) in [7, 11) is -4.88. The van der Waals surface area contributed by atoms with Gasteiger partial charge in [-0.15, -0.1) is 0 Å². The standard InChI is InChI=1S/C10H16N2O6S2/c1-17-5-6-19(13,14)12-8-3-4-10(20(11,15)16)9(7-8)18-2/h3-4,7,12H,5-6H2,1-2H3,(H2,11,15,16). The minimum atomic E-state index is -3.94. The molecule has 0 saturated carbocycles. The third-order valence-corrected chi connectivity index (χ3v) is 4.50. The van der Waals surface area contributed by atoms with E-state index in [1.54, 1.807) is 0 Å². The topological polar surface area (TPSA) is 125 Å². The van der Waals surface area contributed by atoms with E-state index in [-0.39, 0.29) is 28.7 Å². The largest absolute Gasteiger partial charge is 0.495 e. The van der Waals surface area contributed by atoms with Crippen molar-refractivity contribution in [1.82, 2.24) is 0 Å². The van der Waals surface area contributed by atoms with Gasteiger partial charge in [-0.05, 0) is 12.1 Å². The van der Waals surface area contributed by atoms with E-state index in [4.69, 9.17) is 9.88 Å². The molecule has 0 unspecified atom stereocenters. The lowest BCUT2D eigenvalue weighted by Crippen LogP contribution is -2.20. The van der Waals surface area contributed by atoms with Crippen LogP contribution in [0.3, 0.4) is 0 Å². The molecule has 10 heteroatoms. The van der Waals surface area contributed by atoms with Gasteiger partial charge in [0.1, 0.15) is 10.6 Å². The van der Waals surface area contributed by atoms with Gasteiger partial charge in [0.05, 0.1) is 25.2 Å². The number of hydrogen-bond acceptors (Lipinski definition) is 6. The van der Waals surface area contributed by atoms with E-state index < -0.39 is 20.0 Å². The highest BCUT2D eigenvalue weighted by Crippen LogP contribution is 2.26. The van der Waals surface area contributed by atoms with Crippen molar-refractivity contribution in [2.75, 3.05) is 31.3 Å². The number of ether oxygens (including phenoxy) is 2. The summed E-state index contributed by atoms with van der Waals surface area (Å²) < 4.78 is 57.8. The monoisotopic (exact) mass is 324 g/mol. The van der Waals surface area contributed by atoms with Crippen molar-refractivity contribution >= 4 is 25.7 Å². The minimum Gasteiger partial charge on any atom is -0.495 e. The van der Waals surface area contributed by atoms with Crippen LogP contribution in [0.15, 0.2) is 23.1 Å². The lowest BCUT2D eigenvalue weighted by Gasteiger charge is -2.11. The van der Waals surface area contributed by atoms with Crippen LogP contribution in [0.25, 0.3) is 0 Å². The number of nitrogens with one attached hydrogen (secondary N) is 1. The smallest absolute Gasteiger partial charge is 0.241 e. The Hall–Kier alpha value is -1.36. The van der Waals surface area contributed by atoms with Crippen LogP contribution >= 0.6 is 0 Å². The van der Waals surface area contributed by atoms with Crippen LogP contribution in [0.1, 0.15) is 0 Å². The van der Waals surface area contributed by atoms with E-state index in [1.807, 2.05) is 0 Å². The van der Waals surface area contributed by atoms with Gasteiger partial charge in [-0.1, -0.05) is 0 Å². The van der Waals surface area contributed by atoms with Gasteiger partial charge >= 0.3 is 0 Å². The molecule has 1 aromatic rings. The van der Waals surface area contributed by atoms with Gasteiger partial charge in [0.2, 0.25) is 20.0 Å². The quantitative estimate of drug-likeness (QED) is 0.711. The van der Waals surface area contributed by atoms with Gasteiger partial charge in [0.15, 0.2) is 0 Å². The van der Waals surface area contributed by atoms with Crippen LogP contribution in [-0.4, -0.2) is 43.4 Å². The van der Waals surface area contributed by atoms with E-state index in [1.165, 1.54) is 32.4 Å². The van der Waals surface area contributed by atoms with Crippen LogP contribution < -0.4 is 14.6 Å². The number of nitrogens with two attached hydrogens (primary N) is 1. The average molecular weight is 324 g/mol. The number of anilines is 1. The molecule has 0 aliphatic rings. The first kappa shape index (κ1) is 16.7. The average Bonchev–Trinajstić information content (AvgIpc) is 2.34. The molecule has 1 rings (SSSR count). The van der Waals surface area contributed by atoms with Crippen LogP contribution in [0.4, 0.5) is 5.69 Å². The molecule has 114 valence electrons. The SMILES string of the molecule is COCCS(=O)(=O)Nc1ccc(S(N)(=O)=O)c(OC)c1.